The van der Waals surface area contributed by atoms with Crippen molar-refractivity contribution in [1.82, 2.24) is 4.90 Å². The molecule has 16 heavy (non-hydrogen) atoms. The topological polar surface area (TPSA) is 44.1 Å². The summed E-state index contributed by atoms with van der Waals surface area (Å²) in [5.41, 5.74) is 0. The Morgan fingerprint density at radius 2 is 2.38 bits per heavy atom. The molecule has 0 aliphatic carbocycles. The molecule has 1 unspecified atom stereocenters. The summed E-state index contributed by atoms with van der Waals surface area (Å²) in [6.07, 6.45) is 0.430. The average molecular weight is 257 g/mol. The van der Waals surface area contributed by atoms with Crippen LogP contribution in [0.15, 0.2) is 12.1 Å². The lowest BCUT2D eigenvalue weighted by atomic mass is 10.1. The maximum atomic E-state index is 12.0. The Bertz CT molecular complexity index is 410. The van der Waals surface area contributed by atoms with Crippen LogP contribution in [0, 0.1) is 11.3 Å². The van der Waals surface area contributed by atoms with Crippen LogP contribution in [0.4, 0.5) is 0 Å². The molecule has 0 radical (unpaired) electrons. The lowest BCUT2D eigenvalue weighted by Crippen LogP contribution is -2.36. The summed E-state index contributed by atoms with van der Waals surface area (Å²) in [4.78, 5) is 14.5. The molecule has 0 saturated carbocycles. The molecular weight excluding hydrogens is 244 g/mol. The molecule has 0 aliphatic heterocycles. The van der Waals surface area contributed by atoms with Crippen LogP contribution in [0.1, 0.15) is 23.0 Å². The van der Waals surface area contributed by atoms with Crippen molar-refractivity contribution >= 4 is 28.7 Å². The van der Waals surface area contributed by atoms with E-state index < -0.39 is 0 Å². The van der Waals surface area contributed by atoms with Crippen LogP contribution >= 0.6 is 22.9 Å². The maximum absolute atomic E-state index is 12.0. The first-order chi connectivity index (χ1) is 7.56. The summed E-state index contributed by atoms with van der Waals surface area (Å²) in [5.74, 6) is 0.0531. The Morgan fingerprint density at radius 3 is 2.88 bits per heavy atom. The van der Waals surface area contributed by atoms with Gasteiger partial charge >= 0.3 is 0 Å². The summed E-state index contributed by atoms with van der Waals surface area (Å²) in [6, 6.07) is 5.31. The van der Waals surface area contributed by atoms with Crippen molar-refractivity contribution in [2.24, 2.45) is 0 Å². The van der Waals surface area contributed by atoms with Crippen molar-refractivity contribution < 1.29 is 4.79 Å². The van der Waals surface area contributed by atoms with Gasteiger partial charge in [0.1, 0.15) is 0 Å². The van der Waals surface area contributed by atoms with Crippen molar-refractivity contribution in [3.8, 4) is 6.07 Å². The number of Topliss-reactive ketones (excluding diaryl/α,β-unsaturated/α-hetero) is 1. The first kappa shape index (κ1) is 13.2. The zero-order valence-electron chi connectivity index (χ0n) is 9.24. The van der Waals surface area contributed by atoms with E-state index in [0.717, 1.165) is 0 Å². The smallest absolute Gasteiger partial charge is 0.189 e. The predicted molar refractivity (Wildman–Crippen MR) is 66.0 cm³/mol. The zero-order valence-corrected chi connectivity index (χ0v) is 10.8. The molecule has 0 aliphatic rings. The van der Waals surface area contributed by atoms with Gasteiger partial charge in [-0.3, -0.25) is 9.69 Å². The van der Waals surface area contributed by atoms with Gasteiger partial charge in [0.15, 0.2) is 5.78 Å². The third-order valence-corrected chi connectivity index (χ3v) is 3.68. The Balaban J connectivity index is 2.64. The largest absolute Gasteiger partial charge is 0.296 e. The highest BCUT2D eigenvalue weighted by atomic mass is 35.5. The minimum absolute atomic E-state index is 0.0531. The predicted octanol–water partition coefficient (Wildman–Crippen LogP) is 2.82. The molecule has 1 atom stereocenters. The molecule has 0 fully saturated rings. The van der Waals surface area contributed by atoms with Gasteiger partial charge in [-0.15, -0.1) is 11.3 Å². The molecule has 0 spiro atoms. The second-order valence-corrected chi connectivity index (χ2v) is 5.25. The lowest BCUT2D eigenvalue weighted by Gasteiger charge is -2.21. The lowest BCUT2D eigenvalue weighted by molar-refractivity contribution is 0.0875. The fourth-order valence-corrected chi connectivity index (χ4v) is 2.34. The van der Waals surface area contributed by atoms with Gasteiger partial charge in [-0.1, -0.05) is 11.6 Å². The number of thiophene rings is 1. The number of halogens is 1. The first-order valence-corrected chi connectivity index (χ1v) is 6.12. The molecule has 1 rings (SSSR count). The van der Waals surface area contributed by atoms with Crippen LogP contribution in [-0.2, 0) is 0 Å². The van der Waals surface area contributed by atoms with Gasteiger partial charge in [0.2, 0.25) is 0 Å². The summed E-state index contributed by atoms with van der Waals surface area (Å²) in [7, 11) is 1.84. The molecule has 0 bridgehead atoms. The Kier molecular flexibility index (Phi) is 4.94. The van der Waals surface area contributed by atoms with E-state index in [9.17, 15) is 4.79 Å². The third kappa shape index (κ3) is 3.31. The van der Waals surface area contributed by atoms with Gasteiger partial charge in [0.25, 0.3) is 0 Å². The number of hydrogen-bond acceptors (Lipinski definition) is 4. The number of carbonyl (C=O) groups excluding carboxylic acids is 1. The van der Waals surface area contributed by atoms with Crippen LogP contribution in [-0.4, -0.2) is 30.3 Å². The van der Waals surface area contributed by atoms with Gasteiger partial charge in [-0.25, -0.2) is 0 Å². The summed E-state index contributed by atoms with van der Waals surface area (Å²) < 4.78 is 0.621. The van der Waals surface area contributed by atoms with Crippen LogP contribution < -0.4 is 0 Å². The van der Waals surface area contributed by atoms with Crippen molar-refractivity contribution in [3.05, 3.63) is 21.3 Å². The Labute approximate surface area is 104 Å². The van der Waals surface area contributed by atoms with Gasteiger partial charge in [0.05, 0.1) is 21.3 Å². The van der Waals surface area contributed by atoms with E-state index in [-0.39, 0.29) is 11.8 Å². The van der Waals surface area contributed by atoms with Gasteiger partial charge in [0, 0.05) is 13.0 Å². The summed E-state index contributed by atoms with van der Waals surface area (Å²) >= 11 is 7.07. The first-order valence-electron chi connectivity index (χ1n) is 4.93. The van der Waals surface area contributed by atoms with Crippen molar-refractivity contribution in [2.45, 2.75) is 19.4 Å². The van der Waals surface area contributed by atoms with Gasteiger partial charge in [-0.05, 0) is 26.1 Å². The number of likely N-dealkylation sites (N-methyl/N-ethyl adjacent to an activating group) is 1. The van der Waals surface area contributed by atoms with Crippen molar-refractivity contribution in [1.29, 1.82) is 5.26 Å². The van der Waals surface area contributed by atoms with Crippen LogP contribution in [0.25, 0.3) is 0 Å². The number of nitrogens with zero attached hydrogens (tertiary/aromatic N) is 2. The Morgan fingerprint density at radius 1 is 1.69 bits per heavy atom. The molecule has 86 valence electrons. The van der Waals surface area contributed by atoms with Crippen molar-refractivity contribution in [2.75, 3.05) is 13.6 Å². The van der Waals surface area contributed by atoms with Crippen LogP contribution in [0.2, 0.25) is 4.34 Å². The highest BCUT2D eigenvalue weighted by molar-refractivity contribution is 7.18. The van der Waals surface area contributed by atoms with Crippen molar-refractivity contribution in [3.63, 3.8) is 0 Å². The average Bonchev–Trinajstić information content (AvgIpc) is 2.70. The molecule has 0 saturated heterocycles. The molecule has 0 amide bonds. The third-order valence-electron chi connectivity index (χ3n) is 2.43. The fourth-order valence-electron chi connectivity index (χ4n) is 1.27. The SMILES string of the molecule is CC(C(=O)c1ccc(Cl)s1)N(C)CCC#N. The summed E-state index contributed by atoms with van der Waals surface area (Å²) in [5, 5.41) is 8.48. The number of nitriles is 1. The standard InChI is InChI=1S/C11H13ClN2OS/c1-8(14(2)7-3-6-13)11(15)9-4-5-10(12)16-9/h4-5,8H,3,7H2,1-2H3. The monoisotopic (exact) mass is 256 g/mol. The molecule has 0 N–H and O–H groups in total. The highest BCUT2D eigenvalue weighted by Crippen LogP contribution is 2.23. The minimum Gasteiger partial charge on any atom is -0.296 e. The summed E-state index contributed by atoms with van der Waals surface area (Å²) in [6.45, 7) is 2.44. The normalized spacial score (nSPS) is 12.4. The highest BCUT2D eigenvalue weighted by Gasteiger charge is 2.20. The van der Waals surface area contributed by atoms with E-state index >= 15 is 0 Å². The van der Waals surface area contributed by atoms with E-state index in [1.165, 1.54) is 11.3 Å². The van der Waals surface area contributed by atoms with E-state index in [2.05, 4.69) is 6.07 Å². The van der Waals surface area contributed by atoms with E-state index in [4.69, 9.17) is 16.9 Å². The van der Waals surface area contributed by atoms with E-state index in [0.29, 0.717) is 22.2 Å². The number of carbonyl (C=O) groups is 1. The minimum atomic E-state index is -0.219. The molecular formula is C11H13ClN2OS. The Hall–Kier alpha value is -0.890. The molecule has 1 aromatic heterocycles. The molecule has 5 heteroatoms. The molecule has 1 heterocycles. The molecule has 0 aromatic carbocycles. The number of ketones is 1. The maximum Gasteiger partial charge on any atom is 0.189 e. The number of rotatable bonds is 5. The second kappa shape index (κ2) is 6.00. The molecule has 3 nitrogen and oxygen atoms in total. The fraction of sp³-hybridized carbons (Fsp3) is 0.455. The quantitative estimate of drug-likeness (QED) is 0.761. The second-order valence-electron chi connectivity index (χ2n) is 3.53. The van der Waals surface area contributed by atoms with Gasteiger partial charge < -0.3 is 0 Å². The van der Waals surface area contributed by atoms with Crippen LogP contribution in [0.5, 0.6) is 0 Å². The zero-order chi connectivity index (χ0) is 12.1. The van der Waals surface area contributed by atoms with Crippen LogP contribution in [0.3, 0.4) is 0 Å². The number of hydrogen-bond donors (Lipinski definition) is 0. The molecule has 1 aromatic rings. The van der Waals surface area contributed by atoms with E-state index in [1.54, 1.807) is 12.1 Å². The van der Waals surface area contributed by atoms with Gasteiger partial charge in [-0.2, -0.15) is 5.26 Å². The van der Waals surface area contributed by atoms with E-state index in [1.807, 2.05) is 18.9 Å².